The number of ether oxygens (including phenoxy) is 2. The Morgan fingerprint density at radius 2 is 1.22 bits per heavy atom. The lowest BCUT2D eigenvalue weighted by Crippen LogP contribution is -2.15. The van der Waals surface area contributed by atoms with E-state index in [4.69, 9.17) is 14.1 Å². The molecule has 0 amide bonds. The summed E-state index contributed by atoms with van der Waals surface area (Å²) in [5.74, 6) is 5.76. The molecule has 0 saturated carbocycles. The average molecular weight is 936 g/mol. The molecule has 5 rings (SSSR count). The van der Waals surface area contributed by atoms with Crippen molar-refractivity contribution in [1.29, 1.82) is 0 Å². The van der Waals surface area contributed by atoms with Crippen LogP contribution in [0, 0.1) is 45.6 Å². The molecular formula is C55H89N3O5S2. The summed E-state index contributed by atoms with van der Waals surface area (Å²) in [5, 5.41) is 22.8. The number of thiophene rings is 2. The lowest BCUT2D eigenvalue weighted by Gasteiger charge is -2.19. The Labute approximate surface area is 402 Å². The van der Waals surface area contributed by atoms with E-state index in [9.17, 15) is 10.1 Å². The monoisotopic (exact) mass is 936 g/mol. The molecule has 3 atom stereocenters. The molecule has 0 spiro atoms. The highest BCUT2D eigenvalue weighted by molar-refractivity contribution is 7.23. The van der Waals surface area contributed by atoms with Crippen LogP contribution >= 0.6 is 22.7 Å². The van der Waals surface area contributed by atoms with Crippen LogP contribution in [0.4, 0.5) is 5.69 Å². The molecule has 0 radical (unpaired) electrons. The third kappa shape index (κ3) is 17.8. The van der Waals surface area contributed by atoms with Crippen LogP contribution in [-0.4, -0.2) is 35.6 Å². The number of nitro groups is 1. The molecule has 0 aliphatic carbocycles. The van der Waals surface area contributed by atoms with Gasteiger partial charge < -0.3 is 9.47 Å². The molecule has 0 aliphatic heterocycles. The highest BCUT2D eigenvalue weighted by atomic mass is 32.1. The maximum Gasteiger partial charge on any atom is 0.276 e. The Morgan fingerprint density at radius 3 is 1.71 bits per heavy atom. The molecule has 0 N–H and O–H groups in total. The van der Waals surface area contributed by atoms with E-state index in [1.807, 2.05) is 20.8 Å². The van der Waals surface area contributed by atoms with Crippen LogP contribution in [0.25, 0.3) is 41.6 Å². The van der Waals surface area contributed by atoms with Gasteiger partial charge in [0, 0.05) is 45.2 Å². The van der Waals surface area contributed by atoms with E-state index in [0.717, 1.165) is 73.4 Å². The van der Waals surface area contributed by atoms with Gasteiger partial charge in [0.15, 0.2) is 0 Å². The van der Waals surface area contributed by atoms with Gasteiger partial charge in [-0.25, -0.2) is 4.63 Å². The Morgan fingerprint density at radius 1 is 0.677 bits per heavy atom. The third-order valence-corrected chi connectivity index (χ3v) is 15.2. The summed E-state index contributed by atoms with van der Waals surface area (Å²) < 4.78 is 19.1. The molecule has 0 bridgehead atoms. The molecule has 0 saturated heterocycles. The zero-order valence-corrected chi connectivity index (χ0v) is 45.5. The van der Waals surface area contributed by atoms with E-state index in [-0.39, 0.29) is 16.0 Å². The zero-order valence-electron chi connectivity index (χ0n) is 43.9. The van der Waals surface area contributed by atoms with Crippen molar-refractivity contribution in [3.63, 3.8) is 0 Å². The molecule has 5 aromatic rings. The van der Waals surface area contributed by atoms with Gasteiger partial charge in [-0.2, -0.15) is 0 Å². The smallest absolute Gasteiger partial charge is 0.276 e. The van der Waals surface area contributed by atoms with Crippen molar-refractivity contribution in [2.75, 3.05) is 20.3 Å². The van der Waals surface area contributed by atoms with E-state index in [2.05, 4.69) is 119 Å². The highest BCUT2D eigenvalue weighted by Crippen LogP contribution is 2.49. The molecule has 3 unspecified atom stereocenters. The number of hydrogen-bond donors (Lipinski definition) is 0. The molecule has 0 fully saturated rings. The quantitative estimate of drug-likeness (QED) is 0.0503. The number of methoxy groups -OCH3 is 1. The predicted molar refractivity (Wildman–Crippen MR) is 283 cm³/mol. The van der Waals surface area contributed by atoms with Crippen molar-refractivity contribution in [2.24, 2.45) is 35.5 Å². The van der Waals surface area contributed by atoms with Gasteiger partial charge in [0.25, 0.3) is 5.69 Å². The van der Waals surface area contributed by atoms with Gasteiger partial charge in [0.05, 0.1) is 21.8 Å². The summed E-state index contributed by atoms with van der Waals surface area (Å²) >= 11 is 3.39. The number of benzene rings is 2. The van der Waals surface area contributed by atoms with Crippen LogP contribution in [-0.2, 0) is 15.6 Å². The lowest BCUT2D eigenvalue weighted by molar-refractivity contribution is -0.385. The van der Waals surface area contributed by atoms with E-state index in [0.29, 0.717) is 34.7 Å². The van der Waals surface area contributed by atoms with Crippen LogP contribution in [0.2, 0.25) is 0 Å². The van der Waals surface area contributed by atoms with Crippen LogP contribution in [0.5, 0.6) is 5.75 Å². The number of aromatic nitrogens is 2. The standard InChI is InChI=1S/C34H43N3O4S2.C11H24O.C10H22/c1-19(2)11-10-12-20(3)13-14-40-31-23-18-26(42-25(23)15-21-16-27(33(4,5)6)43-32(21)31)22-17-24(37(38)39)28(34(7,8)9)30-29(22)35-41-36-30;1-10(2)6-5-7-11(3)8-9-12-4;1-5-10(4)8-6-7-9(2)3/h15-20H,10-14H2,1-9H3;10-11H,5-9H2,1-4H3;9-10H,5-8H2,1-4H3. The number of nitro benzene ring substituents is 1. The summed E-state index contributed by atoms with van der Waals surface area (Å²) in [6.45, 7) is 37.1. The molecule has 366 valence electrons. The normalized spacial score (nSPS) is 13.7. The van der Waals surface area contributed by atoms with Gasteiger partial charge in [-0.3, -0.25) is 10.1 Å². The van der Waals surface area contributed by atoms with Crippen LogP contribution in [0.1, 0.15) is 198 Å². The number of hydrogen-bond acceptors (Lipinski definition) is 9. The largest absolute Gasteiger partial charge is 0.491 e. The van der Waals surface area contributed by atoms with Gasteiger partial charge in [-0.15, -0.1) is 22.7 Å². The summed E-state index contributed by atoms with van der Waals surface area (Å²) in [6.07, 6.45) is 15.6. The molecule has 0 aliphatic rings. The number of nitrogens with zero attached hydrogens (tertiary/aromatic N) is 3. The number of rotatable bonds is 22. The molecular weight excluding hydrogens is 847 g/mol. The fourth-order valence-corrected chi connectivity index (χ4v) is 10.4. The predicted octanol–water partition coefficient (Wildman–Crippen LogP) is 18.4. The summed E-state index contributed by atoms with van der Waals surface area (Å²) in [7, 11) is 1.78. The summed E-state index contributed by atoms with van der Waals surface area (Å²) in [6, 6.07) is 8.24. The molecule has 10 heteroatoms. The topological polar surface area (TPSA) is 101 Å². The second kappa shape index (κ2) is 26.5. The van der Waals surface area contributed by atoms with Gasteiger partial charge in [0.1, 0.15) is 16.8 Å². The molecule has 65 heavy (non-hydrogen) atoms. The second-order valence-electron chi connectivity index (χ2n) is 22.4. The summed E-state index contributed by atoms with van der Waals surface area (Å²) in [4.78, 5) is 14.1. The molecule has 8 nitrogen and oxygen atoms in total. The van der Waals surface area contributed by atoms with E-state index < -0.39 is 5.41 Å². The Kier molecular flexibility index (Phi) is 22.9. The maximum absolute atomic E-state index is 12.3. The van der Waals surface area contributed by atoms with Gasteiger partial charge in [-0.1, -0.05) is 175 Å². The SMILES string of the molecule is CC(C)CCCC(C)CCOc1c2cc(-c3cc([N+](=O)[O-])c(C(C)(C)C)c4nonc34)sc2cc2cc(C(C)(C)C)sc12.CCC(C)CCCC(C)C.COCCC(C)CCCC(C)C. The first-order chi connectivity index (χ1) is 30.5. The Hall–Kier alpha value is -3.08. The average Bonchev–Trinajstić information content (AvgIpc) is 3.98. The minimum atomic E-state index is -0.514. The first kappa shape index (κ1) is 56.2. The third-order valence-electron chi connectivity index (χ3n) is 12.5. The summed E-state index contributed by atoms with van der Waals surface area (Å²) in [5.41, 5.74) is 1.70. The van der Waals surface area contributed by atoms with Gasteiger partial charge >= 0.3 is 0 Å². The highest BCUT2D eigenvalue weighted by Gasteiger charge is 2.33. The number of fused-ring (bicyclic) bond motifs is 3. The van der Waals surface area contributed by atoms with Crippen molar-refractivity contribution < 1.29 is 19.0 Å². The first-order valence-electron chi connectivity index (χ1n) is 25.0. The van der Waals surface area contributed by atoms with E-state index >= 15 is 0 Å². The molecule has 2 aromatic carbocycles. The van der Waals surface area contributed by atoms with E-state index in [1.54, 1.807) is 35.8 Å². The molecule has 3 heterocycles. The van der Waals surface area contributed by atoms with Crippen LogP contribution in [0.15, 0.2) is 28.9 Å². The van der Waals surface area contributed by atoms with Crippen molar-refractivity contribution in [2.45, 2.75) is 199 Å². The lowest BCUT2D eigenvalue weighted by atomic mass is 9.84. The first-order valence-corrected chi connectivity index (χ1v) is 26.7. The van der Waals surface area contributed by atoms with Crippen molar-refractivity contribution in [3.8, 4) is 16.2 Å². The van der Waals surface area contributed by atoms with Crippen molar-refractivity contribution in [1.82, 2.24) is 10.3 Å². The van der Waals surface area contributed by atoms with E-state index in [1.165, 1.54) is 75.5 Å². The minimum absolute atomic E-state index is 0.0295. The Balaban J connectivity index is 0.000000420. The maximum atomic E-state index is 12.3. The van der Waals surface area contributed by atoms with Crippen molar-refractivity contribution >= 4 is 59.6 Å². The minimum Gasteiger partial charge on any atom is -0.491 e. The van der Waals surface area contributed by atoms with Crippen LogP contribution in [0.3, 0.4) is 0 Å². The van der Waals surface area contributed by atoms with Crippen molar-refractivity contribution in [3.05, 3.63) is 44.8 Å². The zero-order chi connectivity index (χ0) is 48.6. The van der Waals surface area contributed by atoms with Gasteiger partial charge in [0.2, 0.25) is 0 Å². The Bertz CT molecular complexity index is 2170. The molecule has 3 aromatic heterocycles. The fraction of sp³-hybridized carbons (Fsp3) is 0.709. The fourth-order valence-electron chi connectivity index (χ4n) is 8.09. The second-order valence-corrected chi connectivity index (χ2v) is 24.5. The van der Waals surface area contributed by atoms with Gasteiger partial charge in [-0.05, 0) is 93.1 Å². The van der Waals surface area contributed by atoms with Crippen LogP contribution < -0.4 is 4.74 Å².